The average Bonchev–Trinajstić information content (AvgIpc) is 2.36. The fraction of sp³-hybridized carbons (Fsp3) is 0.429. The molecule has 1 aromatic rings. The quantitative estimate of drug-likeness (QED) is 0.784. The van der Waals surface area contributed by atoms with Crippen LogP contribution < -0.4 is 16.0 Å². The highest BCUT2D eigenvalue weighted by atomic mass is 35.5. The van der Waals surface area contributed by atoms with Crippen LogP contribution in [0.1, 0.15) is 24.0 Å². The standard InChI is InChI=1S/C14H18ClN3O2/c1-8-6-9(2)12(10(15)7-8)18-14(20)17-11-4-3-5-16-13(11)19/h6-7,11H,3-5H2,1-2H3,(H,16,19)(H2,17,18,20)/t11-/m0/s1. The van der Waals surface area contributed by atoms with Gasteiger partial charge in [-0.05, 0) is 43.9 Å². The van der Waals surface area contributed by atoms with E-state index in [1.807, 2.05) is 19.9 Å². The molecule has 6 heteroatoms. The number of carbonyl (C=O) groups is 2. The number of anilines is 1. The van der Waals surface area contributed by atoms with Crippen molar-refractivity contribution in [3.63, 3.8) is 0 Å². The van der Waals surface area contributed by atoms with Crippen molar-refractivity contribution in [2.45, 2.75) is 32.7 Å². The lowest BCUT2D eigenvalue weighted by atomic mass is 10.1. The van der Waals surface area contributed by atoms with E-state index in [0.29, 0.717) is 23.7 Å². The number of urea groups is 1. The number of aryl methyl sites for hydroxylation is 2. The van der Waals surface area contributed by atoms with Gasteiger partial charge in [-0.3, -0.25) is 4.79 Å². The van der Waals surface area contributed by atoms with Gasteiger partial charge < -0.3 is 16.0 Å². The van der Waals surface area contributed by atoms with Crippen molar-refractivity contribution in [3.05, 3.63) is 28.3 Å². The molecule has 1 saturated heterocycles. The second-order valence-corrected chi connectivity index (χ2v) is 5.43. The molecule has 0 aromatic heterocycles. The summed E-state index contributed by atoms with van der Waals surface area (Å²) < 4.78 is 0. The van der Waals surface area contributed by atoms with Gasteiger partial charge in [-0.1, -0.05) is 17.7 Å². The van der Waals surface area contributed by atoms with E-state index in [9.17, 15) is 9.59 Å². The molecule has 3 amide bonds. The molecule has 20 heavy (non-hydrogen) atoms. The van der Waals surface area contributed by atoms with E-state index >= 15 is 0 Å². The SMILES string of the molecule is Cc1cc(C)c(NC(=O)N[C@H]2CCCNC2=O)c(Cl)c1. The van der Waals surface area contributed by atoms with Crippen LogP contribution in [0.2, 0.25) is 5.02 Å². The summed E-state index contributed by atoms with van der Waals surface area (Å²) in [4.78, 5) is 23.5. The Bertz CT molecular complexity index is 522. The molecule has 0 radical (unpaired) electrons. The molecule has 1 heterocycles. The minimum absolute atomic E-state index is 0.141. The Morgan fingerprint density at radius 2 is 2.15 bits per heavy atom. The average molecular weight is 296 g/mol. The minimum atomic E-state index is -0.478. The van der Waals surface area contributed by atoms with Gasteiger partial charge in [0.15, 0.2) is 0 Å². The van der Waals surface area contributed by atoms with E-state index in [-0.39, 0.29) is 5.91 Å². The van der Waals surface area contributed by atoms with Gasteiger partial charge in [-0.25, -0.2) is 4.79 Å². The van der Waals surface area contributed by atoms with Crippen LogP contribution >= 0.6 is 11.6 Å². The Kier molecular flexibility index (Phi) is 4.49. The zero-order valence-electron chi connectivity index (χ0n) is 11.5. The predicted octanol–water partition coefficient (Wildman–Crippen LogP) is 2.36. The number of nitrogens with one attached hydrogen (secondary N) is 3. The molecule has 1 aromatic carbocycles. The molecule has 0 saturated carbocycles. The summed E-state index contributed by atoms with van der Waals surface area (Å²) >= 11 is 6.13. The van der Waals surface area contributed by atoms with E-state index in [0.717, 1.165) is 17.5 Å². The topological polar surface area (TPSA) is 70.2 Å². The first-order valence-corrected chi connectivity index (χ1v) is 6.97. The highest BCUT2D eigenvalue weighted by molar-refractivity contribution is 6.34. The number of halogens is 1. The Morgan fingerprint density at radius 3 is 2.80 bits per heavy atom. The molecule has 1 atom stereocenters. The van der Waals surface area contributed by atoms with Crippen molar-refractivity contribution in [3.8, 4) is 0 Å². The van der Waals surface area contributed by atoms with Crippen LogP contribution in [0, 0.1) is 13.8 Å². The summed E-state index contributed by atoms with van der Waals surface area (Å²) in [5, 5.41) is 8.59. The summed E-state index contributed by atoms with van der Waals surface area (Å²) in [6.07, 6.45) is 1.51. The molecule has 0 bridgehead atoms. The summed E-state index contributed by atoms with van der Waals surface area (Å²) in [5.41, 5.74) is 2.49. The minimum Gasteiger partial charge on any atom is -0.354 e. The first-order valence-electron chi connectivity index (χ1n) is 6.59. The van der Waals surface area contributed by atoms with Gasteiger partial charge in [0.25, 0.3) is 0 Å². The Labute approximate surface area is 123 Å². The monoisotopic (exact) mass is 295 g/mol. The van der Waals surface area contributed by atoms with Gasteiger partial charge in [0.2, 0.25) is 5.91 Å². The van der Waals surface area contributed by atoms with E-state index < -0.39 is 12.1 Å². The normalized spacial score (nSPS) is 18.4. The van der Waals surface area contributed by atoms with Gasteiger partial charge >= 0.3 is 6.03 Å². The zero-order chi connectivity index (χ0) is 14.7. The summed E-state index contributed by atoms with van der Waals surface area (Å²) in [6.45, 7) is 4.48. The van der Waals surface area contributed by atoms with Crippen molar-refractivity contribution in [1.82, 2.24) is 10.6 Å². The van der Waals surface area contributed by atoms with E-state index in [2.05, 4.69) is 16.0 Å². The van der Waals surface area contributed by atoms with E-state index in [4.69, 9.17) is 11.6 Å². The van der Waals surface area contributed by atoms with Crippen molar-refractivity contribution >= 4 is 29.2 Å². The molecule has 0 unspecified atom stereocenters. The van der Waals surface area contributed by atoms with Crippen LogP contribution in [0.5, 0.6) is 0 Å². The predicted molar refractivity (Wildman–Crippen MR) is 79.1 cm³/mol. The number of amides is 3. The van der Waals surface area contributed by atoms with Crippen LogP contribution in [0.4, 0.5) is 10.5 Å². The molecule has 5 nitrogen and oxygen atoms in total. The van der Waals surface area contributed by atoms with Gasteiger partial charge in [-0.15, -0.1) is 0 Å². The molecule has 0 aliphatic carbocycles. The lowest BCUT2D eigenvalue weighted by Gasteiger charge is -2.23. The summed E-state index contributed by atoms with van der Waals surface area (Å²) in [7, 11) is 0. The molecule has 2 rings (SSSR count). The van der Waals surface area contributed by atoms with Crippen LogP contribution in [0.25, 0.3) is 0 Å². The summed E-state index contributed by atoms with van der Waals surface area (Å²) in [5.74, 6) is -0.141. The molecule has 3 N–H and O–H groups in total. The van der Waals surface area contributed by atoms with E-state index in [1.54, 1.807) is 6.07 Å². The first kappa shape index (κ1) is 14.7. The number of hydrogen-bond donors (Lipinski definition) is 3. The molecule has 1 aliphatic heterocycles. The number of rotatable bonds is 2. The fourth-order valence-corrected chi connectivity index (χ4v) is 2.66. The molecular weight excluding hydrogens is 278 g/mol. The molecule has 1 fully saturated rings. The highest BCUT2D eigenvalue weighted by Gasteiger charge is 2.23. The smallest absolute Gasteiger partial charge is 0.319 e. The van der Waals surface area contributed by atoms with Crippen molar-refractivity contribution < 1.29 is 9.59 Å². The largest absolute Gasteiger partial charge is 0.354 e. The van der Waals surface area contributed by atoms with Gasteiger partial charge in [0, 0.05) is 6.54 Å². The maximum atomic E-state index is 12.0. The maximum Gasteiger partial charge on any atom is 0.319 e. The van der Waals surface area contributed by atoms with Crippen molar-refractivity contribution in [2.75, 3.05) is 11.9 Å². The Balaban J connectivity index is 2.03. The Hall–Kier alpha value is -1.75. The first-order chi connectivity index (χ1) is 9.47. The molecule has 0 spiro atoms. The van der Waals surface area contributed by atoms with Crippen LogP contribution in [-0.2, 0) is 4.79 Å². The third-order valence-electron chi connectivity index (χ3n) is 3.26. The Morgan fingerprint density at radius 1 is 1.40 bits per heavy atom. The second kappa shape index (κ2) is 6.13. The maximum absolute atomic E-state index is 12.0. The van der Waals surface area contributed by atoms with Crippen molar-refractivity contribution in [2.24, 2.45) is 0 Å². The molecular formula is C14H18ClN3O2. The number of piperidine rings is 1. The van der Waals surface area contributed by atoms with Gasteiger partial charge in [0.1, 0.15) is 6.04 Å². The second-order valence-electron chi connectivity index (χ2n) is 5.02. The number of carbonyl (C=O) groups excluding carboxylic acids is 2. The highest BCUT2D eigenvalue weighted by Crippen LogP contribution is 2.27. The van der Waals surface area contributed by atoms with Crippen molar-refractivity contribution in [1.29, 1.82) is 0 Å². The third-order valence-corrected chi connectivity index (χ3v) is 3.56. The van der Waals surface area contributed by atoms with Gasteiger partial charge in [-0.2, -0.15) is 0 Å². The number of benzene rings is 1. The van der Waals surface area contributed by atoms with Crippen LogP contribution in [0.3, 0.4) is 0 Å². The van der Waals surface area contributed by atoms with Crippen LogP contribution in [-0.4, -0.2) is 24.5 Å². The fourth-order valence-electron chi connectivity index (χ4n) is 2.29. The van der Waals surface area contributed by atoms with Crippen LogP contribution in [0.15, 0.2) is 12.1 Å². The lowest BCUT2D eigenvalue weighted by molar-refractivity contribution is -0.124. The summed E-state index contributed by atoms with van der Waals surface area (Å²) in [6, 6.07) is 2.83. The number of hydrogen-bond acceptors (Lipinski definition) is 2. The third kappa shape index (κ3) is 3.42. The molecule has 108 valence electrons. The molecule has 1 aliphatic rings. The lowest BCUT2D eigenvalue weighted by Crippen LogP contribution is -2.51. The van der Waals surface area contributed by atoms with Gasteiger partial charge in [0.05, 0.1) is 10.7 Å². The zero-order valence-corrected chi connectivity index (χ0v) is 12.3. The van der Waals surface area contributed by atoms with E-state index in [1.165, 1.54) is 0 Å².